The van der Waals surface area contributed by atoms with E-state index in [1.165, 1.54) is 12.1 Å². The van der Waals surface area contributed by atoms with Crippen LogP contribution in [0.2, 0.25) is 0 Å². The minimum atomic E-state index is -0.407. The van der Waals surface area contributed by atoms with Crippen molar-refractivity contribution < 1.29 is 9.18 Å². The second-order valence-electron chi connectivity index (χ2n) is 8.77. The average Bonchev–Trinajstić information content (AvgIpc) is 2.73. The van der Waals surface area contributed by atoms with E-state index in [2.05, 4.69) is 22.2 Å². The summed E-state index contributed by atoms with van der Waals surface area (Å²) in [4.78, 5) is 23.6. The van der Waals surface area contributed by atoms with Crippen molar-refractivity contribution >= 4 is 28.2 Å². The molecule has 7 heteroatoms. The van der Waals surface area contributed by atoms with Gasteiger partial charge in [-0.05, 0) is 60.9 Å². The second-order valence-corrected chi connectivity index (χ2v) is 8.77. The largest absolute Gasteiger partial charge is 0.376 e. The van der Waals surface area contributed by atoms with Gasteiger partial charge in [0, 0.05) is 31.7 Å². The lowest BCUT2D eigenvalue weighted by Gasteiger charge is -2.32. The highest BCUT2D eigenvalue weighted by atomic mass is 19.1. The van der Waals surface area contributed by atoms with Crippen LogP contribution in [-0.2, 0) is 0 Å². The standard InChI is InChI=1S/C24H28FN5O/c1-14-8-15(10-16(26)9-14)18-6-7-27-13-22(18)29-24(31)19-4-5-21(25)20-11-17(30(2)3)12-28-23(19)20/h4-7,11-16H,8-10,26H2,1-3H3,(H,29,31)/t14-,15+,16?/m0/s1. The molecule has 1 aliphatic rings. The molecule has 2 heterocycles. The number of anilines is 2. The Morgan fingerprint density at radius 2 is 2.00 bits per heavy atom. The predicted molar refractivity (Wildman–Crippen MR) is 122 cm³/mol. The number of amides is 1. The number of rotatable bonds is 4. The maximum absolute atomic E-state index is 14.5. The topological polar surface area (TPSA) is 84.1 Å². The molecule has 3 atom stereocenters. The van der Waals surface area contributed by atoms with Gasteiger partial charge in [-0.2, -0.15) is 0 Å². The highest BCUT2D eigenvalue weighted by molar-refractivity contribution is 6.12. The highest BCUT2D eigenvalue weighted by Crippen LogP contribution is 2.38. The number of aromatic nitrogens is 2. The fraction of sp³-hybridized carbons (Fsp3) is 0.375. The molecule has 6 nitrogen and oxygen atoms in total. The van der Waals surface area contributed by atoms with E-state index in [1.54, 1.807) is 24.7 Å². The van der Waals surface area contributed by atoms with Gasteiger partial charge in [0.15, 0.2) is 0 Å². The Morgan fingerprint density at radius 3 is 2.74 bits per heavy atom. The van der Waals surface area contributed by atoms with Crippen molar-refractivity contribution in [2.45, 2.75) is 38.1 Å². The van der Waals surface area contributed by atoms with Crippen molar-refractivity contribution in [2.75, 3.05) is 24.3 Å². The number of hydrogen-bond acceptors (Lipinski definition) is 5. The zero-order valence-electron chi connectivity index (χ0n) is 18.1. The molecule has 162 valence electrons. The lowest BCUT2D eigenvalue weighted by Crippen LogP contribution is -2.31. The van der Waals surface area contributed by atoms with E-state index in [0.29, 0.717) is 28.1 Å². The summed E-state index contributed by atoms with van der Waals surface area (Å²) < 4.78 is 14.5. The lowest BCUT2D eigenvalue weighted by atomic mass is 9.76. The van der Waals surface area contributed by atoms with Crippen LogP contribution in [0.25, 0.3) is 10.9 Å². The first-order valence-corrected chi connectivity index (χ1v) is 10.6. The number of pyridine rings is 2. The van der Waals surface area contributed by atoms with Gasteiger partial charge < -0.3 is 16.0 Å². The smallest absolute Gasteiger partial charge is 0.257 e. The van der Waals surface area contributed by atoms with Crippen LogP contribution in [0.3, 0.4) is 0 Å². The minimum Gasteiger partial charge on any atom is -0.376 e. The number of nitrogens with zero attached hydrogens (tertiary/aromatic N) is 3. The molecule has 0 radical (unpaired) electrons. The van der Waals surface area contributed by atoms with Crippen molar-refractivity contribution in [3.8, 4) is 0 Å². The molecule has 0 spiro atoms. The van der Waals surface area contributed by atoms with E-state index in [0.717, 1.165) is 30.5 Å². The van der Waals surface area contributed by atoms with Crippen molar-refractivity contribution in [3.63, 3.8) is 0 Å². The fourth-order valence-corrected chi connectivity index (χ4v) is 4.57. The van der Waals surface area contributed by atoms with Gasteiger partial charge >= 0.3 is 0 Å². The summed E-state index contributed by atoms with van der Waals surface area (Å²) in [5.74, 6) is 0.0527. The third-order valence-electron chi connectivity index (χ3n) is 6.07. The Labute approximate surface area is 181 Å². The zero-order valence-corrected chi connectivity index (χ0v) is 18.1. The lowest BCUT2D eigenvalue weighted by molar-refractivity contribution is 0.102. The first-order chi connectivity index (χ1) is 14.8. The summed E-state index contributed by atoms with van der Waals surface area (Å²) in [6.45, 7) is 2.21. The Hall–Kier alpha value is -3.06. The van der Waals surface area contributed by atoms with Gasteiger partial charge in [0.2, 0.25) is 0 Å². The van der Waals surface area contributed by atoms with E-state index in [1.807, 2.05) is 25.1 Å². The monoisotopic (exact) mass is 421 g/mol. The van der Waals surface area contributed by atoms with Crippen LogP contribution in [0, 0.1) is 11.7 Å². The van der Waals surface area contributed by atoms with E-state index < -0.39 is 5.82 Å². The van der Waals surface area contributed by atoms with Crippen LogP contribution >= 0.6 is 0 Å². The molecule has 3 aromatic rings. The Morgan fingerprint density at radius 1 is 1.19 bits per heavy atom. The van der Waals surface area contributed by atoms with Crippen LogP contribution in [0.4, 0.5) is 15.8 Å². The molecule has 0 bridgehead atoms. The Kier molecular flexibility index (Phi) is 5.87. The zero-order chi connectivity index (χ0) is 22.1. The molecular weight excluding hydrogens is 393 g/mol. The molecule has 1 saturated carbocycles. The second kappa shape index (κ2) is 8.59. The molecule has 1 aliphatic carbocycles. The van der Waals surface area contributed by atoms with Gasteiger partial charge in [-0.25, -0.2) is 4.39 Å². The number of carbonyl (C=O) groups is 1. The molecule has 3 N–H and O–H groups in total. The van der Waals surface area contributed by atoms with Crippen LogP contribution in [0.15, 0.2) is 42.9 Å². The van der Waals surface area contributed by atoms with Crippen molar-refractivity contribution in [3.05, 3.63) is 59.8 Å². The summed E-state index contributed by atoms with van der Waals surface area (Å²) in [7, 11) is 3.72. The molecule has 31 heavy (non-hydrogen) atoms. The van der Waals surface area contributed by atoms with Gasteiger partial charge in [0.25, 0.3) is 5.91 Å². The highest BCUT2D eigenvalue weighted by Gasteiger charge is 2.27. The maximum Gasteiger partial charge on any atom is 0.257 e. The van der Waals surface area contributed by atoms with Gasteiger partial charge in [-0.3, -0.25) is 14.8 Å². The third kappa shape index (κ3) is 4.37. The summed E-state index contributed by atoms with van der Waals surface area (Å²) in [6, 6.07) is 6.60. The van der Waals surface area contributed by atoms with Crippen LogP contribution in [0.5, 0.6) is 0 Å². The number of hydrogen-bond donors (Lipinski definition) is 2. The normalized spacial score (nSPS) is 21.1. The number of fused-ring (bicyclic) bond motifs is 1. The van der Waals surface area contributed by atoms with Crippen LogP contribution in [0.1, 0.15) is 48.0 Å². The summed E-state index contributed by atoms with van der Waals surface area (Å²) >= 11 is 0. The van der Waals surface area contributed by atoms with E-state index in [-0.39, 0.29) is 17.9 Å². The summed E-state index contributed by atoms with van der Waals surface area (Å²) in [5.41, 5.74) is 9.39. The first-order valence-electron chi connectivity index (χ1n) is 10.6. The van der Waals surface area contributed by atoms with E-state index >= 15 is 0 Å². The molecule has 1 aromatic carbocycles. The Bertz CT molecular complexity index is 1110. The SMILES string of the molecule is C[C@@H]1CC(N)C[C@H](c2ccncc2NC(=O)c2ccc(F)c3cc(N(C)C)cnc23)C1. The molecule has 1 amide bonds. The van der Waals surface area contributed by atoms with Crippen LogP contribution < -0.4 is 16.0 Å². The van der Waals surface area contributed by atoms with E-state index in [9.17, 15) is 9.18 Å². The molecule has 1 unspecified atom stereocenters. The summed E-state index contributed by atoms with van der Waals surface area (Å²) in [5, 5.41) is 3.30. The summed E-state index contributed by atoms with van der Waals surface area (Å²) in [6.07, 6.45) is 7.97. The third-order valence-corrected chi connectivity index (χ3v) is 6.07. The van der Waals surface area contributed by atoms with Crippen molar-refractivity contribution in [1.29, 1.82) is 0 Å². The molecular formula is C24H28FN5O. The molecule has 0 saturated heterocycles. The molecule has 0 aliphatic heterocycles. The average molecular weight is 422 g/mol. The van der Waals surface area contributed by atoms with E-state index in [4.69, 9.17) is 5.73 Å². The number of benzene rings is 1. The van der Waals surface area contributed by atoms with Crippen LogP contribution in [-0.4, -0.2) is 36.0 Å². The quantitative estimate of drug-likeness (QED) is 0.656. The van der Waals surface area contributed by atoms with Gasteiger partial charge in [-0.15, -0.1) is 0 Å². The van der Waals surface area contributed by atoms with Gasteiger partial charge in [0.05, 0.1) is 34.8 Å². The number of halogens is 1. The first kappa shape index (κ1) is 21.2. The van der Waals surface area contributed by atoms with Crippen molar-refractivity contribution in [1.82, 2.24) is 9.97 Å². The number of carbonyl (C=O) groups excluding carboxylic acids is 1. The number of nitrogens with two attached hydrogens (primary N) is 1. The predicted octanol–water partition coefficient (Wildman–Crippen LogP) is 4.32. The molecule has 1 fully saturated rings. The van der Waals surface area contributed by atoms with Gasteiger partial charge in [0.1, 0.15) is 5.82 Å². The Balaban J connectivity index is 1.67. The fourth-order valence-electron chi connectivity index (χ4n) is 4.57. The maximum atomic E-state index is 14.5. The van der Waals surface area contributed by atoms with Gasteiger partial charge in [-0.1, -0.05) is 6.92 Å². The number of nitrogens with one attached hydrogen (secondary N) is 1. The minimum absolute atomic E-state index is 0.154. The van der Waals surface area contributed by atoms with Crippen molar-refractivity contribution in [2.24, 2.45) is 11.7 Å². The molecule has 2 aromatic heterocycles. The molecule has 4 rings (SSSR count).